The van der Waals surface area contributed by atoms with Gasteiger partial charge < -0.3 is 14.7 Å². The van der Waals surface area contributed by atoms with Crippen molar-refractivity contribution < 1.29 is 28.5 Å². The molecule has 0 fully saturated rings. The van der Waals surface area contributed by atoms with E-state index in [9.17, 15) is 24.0 Å². The van der Waals surface area contributed by atoms with Gasteiger partial charge in [0.25, 0.3) is 0 Å². The summed E-state index contributed by atoms with van der Waals surface area (Å²) in [4.78, 5) is 17.4. The van der Waals surface area contributed by atoms with Crippen molar-refractivity contribution in [1.82, 2.24) is 4.98 Å². The molecule has 0 radical (unpaired) electrons. The molecule has 6 nitrogen and oxygen atoms in total. The Morgan fingerprint density at radius 3 is 2.28 bits per heavy atom. The lowest BCUT2D eigenvalue weighted by molar-refractivity contribution is -0.145. The average Bonchev–Trinajstić information content (AvgIpc) is 2.84. The second-order valence-electron chi connectivity index (χ2n) is 9.06. The third kappa shape index (κ3) is 4.49. The normalized spacial score (nSPS) is 15.5. The molecule has 0 aliphatic heterocycles. The highest BCUT2D eigenvalue weighted by Gasteiger charge is 2.60. The van der Waals surface area contributed by atoms with Gasteiger partial charge in [-0.25, -0.2) is 9.18 Å². The minimum Gasteiger partial charge on any atom is -0.480 e. The van der Waals surface area contributed by atoms with Gasteiger partial charge in [-0.05, 0) is 54.7 Å². The maximum Gasteiger partial charge on any atom is 0.335 e. The molecule has 8 heteroatoms. The molecule has 36 heavy (non-hydrogen) atoms. The lowest BCUT2D eigenvalue weighted by atomic mass is 9.76. The van der Waals surface area contributed by atoms with Gasteiger partial charge in [0.1, 0.15) is 11.4 Å². The quantitative estimate of drug-likeness (QED) is 0.296. The molecule has 0 saturated carbocycles. The Bertz CT molecular complexity index is 1360. The van der Waals surface area contributed by atoms with Crippen LogP contribution >= 0.6 is 8.03 Å². The minimum atomic E-state index is -3.52. The number of halogens is 1. The van der Waals surface area contributed by atoms with E-state index < -0.39 is 30.6 Å². The molecule has 2 aromatic carbocycles. The number of terminal acetylenes is 1. The first-order valence-electron chi connectivity index (χ1n) is 11.3. The van der Waals surface area contributed by atoms with E-state index >= 15 is 0 Å². The van der Waals surface area contributed by atoms with Crippen molar-refractivity contribution >= 4 is 14.0 Å². The summed E-state index contributed by atoms with van der Waals surface area (Å²) in [5.74, 6) is -0.342. The first-order valence-corrected chi connectivity index (χ1v) is 12.6. The third-order valence-corrected chi connectivity index (χ3v) is 8.24. The van der Waals surface area contributed by atoms with Crippen molar-refractivity contribution in [1.29, 1.82) is 0 Å². The minimum absolute atomic E-state index is 0.0946. The second-order valence-corrected chi connectivity index (χ2v) is 10.8. The van der Waals surface area contributed by atoms with Gasteiger partial charge in [-0.3, -0.25) is 9.55 Å². The largest absolute Gasteiger partial charge is 0.480 e. The maximum absolute atomic E-state index is 13.8. The highest BCUT2D eigenvalue weighted by atomic mass is 31.1. The Labute approximate surface area is 211 Å². The van der Waals surface area contributed by atoms with E-state index in [2.05, 4.69) is 5.92 Å². The Morgan fingerprint density at radius 1 is 1.17 bits per heavy atom. The molecular weight excluding hydrogens is 480 g/mol. The van der Waals surface area contributed by atoms with Crippen molar-refractivity contribution in [2.24, 2.45) is 0 Å². The van der Waals surface area contributed by atoms with Crippen LogP contribution in [0.5, 0.6) is 0 Å². The Morgan fingerprint density at radius 2 is 1.78 bits per heavy atom. The smallest absolute Gasteiger partial charge is 0.335 e. The molecule has 0 amide bonds. The molecule has 3 rings (SSSR count). The predicted molar refractivity (Wildman–Crippen MR) is 139 cm³/mol. The van der Waals surface area contributed by atoms with Gasteiger partial charge >= 0.3 is 5.97 Å². The fourth-order valence-corrected chi connectivity index (χ4v) is 5.57. The monoisotopic (exact) mass is 509 g/mol. The number of aromatic nitrogens is 1. The highest BCUT2D eigenvalue weighted by Crippen LogP contribution is 2.54. The zero-order chi connectivity index (χ0) is 26.8. The molecule has 3 aromatic rings. The summed E-state index contributed by atoms with van der Waals surface area (Å²) < 4.78 is 31.8. The molecule has 3 atom stereocenters. The number of benzene rings is 2. The summed E-state index contributed by atoms with van der Waals surface area (Å²) in [5.41, 5.74) is 1.34. The number of carboxylic acids is 1. The summed E-state index contributed by atoms with van der Waals surface area (Å²) in [6, 6.07) is 14.9. The van der Waals surface area contributed by atoms with Crippen LogP contribution in [-0.2, 0) is 19.5 Å². The fourth-order valence-electron chi connectivity index (χ4n) is 4.45. The van der Waals surface area contributed by atoms with Gasteiger partial charge in [-0.1, -0.05) is 56.2 Å². The lowest BCUT2D eigenvalue weighted by Gasteiger charge is -2.40. The first-order chi connectivity index (χ1) is 16.9. The summed E-state index contributed by atoms with van der Waals surface area (Å²) >= 11 is 0. The number of aryl methyl sites for hydroxylation is 1. The molecule has 0 aliphatic rings. The van der Waals surface area contributed by atoms with Crippen LogP contribution in [0.4, 0.5) is 4.39 Å². The number of aliphatic hydroxyl groups is 1. The maximum atomic E-state index is 13.8. The number of carbonyl (C=O) groups is 1. The molecule has 1 heterocycles. The summed E-state index contributed by atoms with van der Waals surface area (Å²) in [6.07, 6.45) is 5.67. The van der Waals surface area contributed by atoms with Crippen molar-refractivity contribution in [3.63, 3.8) is 0 Å². The molecule has 0 saturated heterocycles. The van der Waals surface area contributed by atoms with E-state index in [1.165, 1.54) is 31.2 Å². The Kier molecular flexibility index (Phi) is 7.85. The van der Waals surface area contributed by atoms with E-state index in [1.807, 2.05) is 45.0 Å². The number of nitrogens with zero attached hydrogens (tertiary/aromatic N) is 1. The van der Waals surface area contributed by atoms with Crippen LogP contribution in [-0.4, -0.2) is 33.4 Å². The molecule has 2 N–H and O–H groups in total. The second kappa shape index (κ2) is 10.4. The fraction of sp³-hybridized carbons (Fsp3) is 0.286. The Hall–Kier alpha value is -3.30. The number of hydrogen-bond acceptors (Lipinski definition) is 5. The van der Waals surface area contributed by atoms with Gasteiger partial charge in [0, 0.05) is 18.2 Å². The SMILES string of the molecule is C#CC(C(=O)O)([PH](=O)OC)C(C)(O)c1c(-c2ccc(F)cc2)cc(-c2ccccc2C)nc1C(C)C. The van der Waals surface area contributed by atoms with Gasteiger partial charge in [0.2, 0.25) is 13.2 Å². The summed E-state index contributed by atoms with van der Waals surface area (Å²) in [6.45, 7) is 6.84. The molecule has 3 unspecified atom stereocenters. The van der Waals surface area contributed by atoms with Gasteiger partial charge in [0.05, 0.1) is 11.4 Å². The topological polar surface area (TPSA) is 96.7 Å². The van der Waals surface area contributed by atoms with Gasteiger partial charge in [-0.15, -0.1) is 6.42 Å². The number of rotatable bonds is 8. The Balaban J connectivity index is 2.53. The standard InChI is InChI=1S/C28H29FNO5P/c1-7-28(26(31)32,36(34)35-6)27(5,33)24-22(19-12-14-20(29)15-13-19)16-23(30-25(24)17(2)3)21-11-9-8-10-18(21)4/h1,8-17,33,36H,2-6H3,(H,31,32). The molecular formula is C28H29FNO5P. The average molecular weight is 510 g/mol. The van der Waals surface area contributed by atoms with Crippen LogP contribution in [0.2, 0.25) is 0 Å². The van der Waals surface area contributed by atoms with Crippen molar-refractivity contribution in [3.05, 3.63) is 77.2 Å². The van der Waals surface area contributed by atoms with Gasteiger partial charge in [0.15, 0.2) is 0 Å². The van der Waals surface area contributed by atoms with E-state index in [4.69, 9.17) is 15.9 Å². The van der Waals surface area contributed by atoms with Crippen molar-refractivity contribution in [2.75, 3.05) is 7.11 Å². The van der Waals surface area contributed by atoms with Crippen LogP contribution in [0, 0.1) is 25.1 Å². The van der Waals surface area contributed by atoms with E-state index in [-0.39, 0.29) is 11.5 Å². The predicted octanol–water partition coefficient (Wildman–Crippen LogP) is 5.77. The van der Waals surface area contributed by atoms with Crippen LogP contribution in [0.15, 0.2) is 54.6 Å². The van der Waals surface area contributed by atoms with Crippen LogP contribution in [0.1, 0.15) is 43.5 Å². The summed E-state index contributed by atoms with van der Waals surface area (Å²) in [7, 11) is -2.44. The highest BCUT2D eigenvalue weighted by molar-refractivity contribution is 7.43. The van der Waals surface area contributed by atoms with Crippen LogP contribution in [0.25, 0.3) is 22.4 Å². The van der Waals surface area contributed by atoms with Crippen molar-refractivity contribution in [2.45, 2.75) is 44.4 Å². The zero-order valence-corrected chi connectivity index (χ0v) is 21.8. The first kappa shape index (κ1) is 27.3. The molecule has 1 aromatic heterocycles. The number of pyridine rings is 1. The molecule has 0 spiro atoms. The lowest BCUT2D eigenvalue weighted by Crippen LogP contribution is -2.53. The molecule has 0 aliphatic carbocycles. The van der Waals surface area contributed by atoms with Crippen molar-refractivity contribution in [3.8, 4) is 34.7 Å². The zero-order valence-electron chi connectivity index (χ0n) is 20.8. The van der Waals surface area contributed by atoms with Gasteiger partial charge in [-0.2, -0.15) is 0 Å². The number of aliphatic carboxylic acids is 1. The summed E-state index contributed by atoms with van der Waals surface area (Å²) in [5, 5.41) is 19.6. The number of hydrogen-bond donors (Lipinski definition) is 2. The third-order valence-electron chi connectivity index (χ3n) is 6.42. The van der Waals surface area contributed by atoms with E-state index in [0.29, 0.717) is 22.5 Å². The molecule has 188 valence electrons. The van der Waals surface area contributed by atoms with E-state index in [1.54, 1.807) is 6.07 Å². The molecule has 0 bridgehead atoms. The number of carboxylic acid groups (broad SMARTS) is 1. The van der Waals surface area contributed by atoms with Crippen LogP contribution < -0.4 is 0 Å². The van der Waals surface area contributed by atoms with E-state index in [0.717, 1.165) is 18.2 Å². The van der Waals surface area contributed by atoms with Crippen LogP contribution in [0.3, 0.4) is 0 Å².